The Kier molecular flexibility index (Phi) is 2.82. The van der Waals surface area contributed by atoms with E-state index < -0.39 is 0 Å². The third-order valence-corrected chi connectivity index (χ3v) is 2.22. The van der Waals surface area contributed by atoms with Gasteiger partial charge in [0.1, 0.15) is 0 Å². The highest BCUT2D eigenvalue weighted by molar-refractivity contribution is 5.30. The first-order chi connectivity index (χ1) is 6.90. The lowest BCUT2D eigenvalue weighted by atomic mass is 10.3. The van der Waals surface area contributed by atoms with Crippen LogP contribution in [0.5, 0.6) is 0 Å². The van der Waals surface area contributed by atoms with Gasteiger partial charge >= 0.3 is 0 Å². The molecule has 2 N–H and O–H groups in total. The molecule has 1 aliphatic rings. The highest BCUT2D eigenvalue weighted by Crippen LogP contribution is 2.17. The SMILES string of the molecule is NCC#Cc1cnn(C2CCOC2)c1. The summed E-state index contributed by atoms with van der Waals surface area (Å²) in [4.78, 5) is 0. The molecule has 0 saturated carbocycles. The quantitative estimate of drug-likeness (QED) is 0.643. The molecule has 1 atom stereocenters. The van der Waals surface area contributed by atoms with Gasteiger partial charge in [0, 0.05) is 12.8 Å². The smallest absolute Gasteiger partial charge is 0.0775 e. The fourth-order valence-electron chi connectivity index (χ4n) is 1.49. The van der Waals surface area contributed by atoms with E-state index in [1.54, 1.807) is 6.20 Å². The highest BCUT2D eigenvalue weighted by atomic mass is 16.5. The molecule has 4 nitrogen and oxygen atoms in total. The summed E-state index contributed by atoms with van der Waals surface area (Å²) in [5.41, 5.74) is 6.20. The van der Waals surface area contributed by atoms with E-state index in [1.807, 2.05) is 10.9 Å². The van der Waals surface area contributed by atoms with E-state index in [0.29, 0.717) is 12.6 Å². The molecule has 1 saturated heterocycles. The first-order valence-corrected chi connectivity index (χ1v) is 4.71. The number of nitrogens with two attached hydrogens (primary N) is 1. The van der Waals surface area contributed by atoms with Crippen LogP contribution in [-0.2, 0) is 4.74 Å². The van der Waals surface area contributed by atoms with Crippen molar-refractivity contribution in [3.05, 3.63) is 18.0 Å². The second kappa shape index (κ2) is 4.27. The minimum Gasteiger partial charge on any atom is -0.379 e. The zero-order chi connectivity index (χ0) is 9.80. The summed E-state index contributed by atoms with van der Waals surface area (Å²) in [6.07, 6.45) is 4.74. The predicted octanol–water partition coefficient (Wildman–Crippen LogP) is 0.155. The minimum atomic E-state index is 0.378. The van der Waals surface area contributed by atoms with Gasteiger partial charge < -0.3 is 10.5 Å². The maximum Gasteiger partial charge on any atom is 0.0775 e. The molecule has 0 bridgehead atoms. The van der Waals surface area contributed by atoms with Gasteiger partial charge in [-0.1, -0.05) is 11.8 Å². The van der Waals surface area contributed by atoms with Crippen molar-refractivity contribution in [2.24, 2.45) is 5.73 Å². The van der Waals surface area contributed by atoms with Crippen LogP contribution in [0, 0.1) is 11.8 Å². The van der Waals surface area contributed by atoms with Gasteiger partial charge in [0.25, 0.3) is 0 Å². The molecule has 0 spiro atoms. The molecular weight excluding hydrogens is 178 g/mol. The molecule has 74 valence electrons. The summed E-state index contributed by atoms with van der Waals surface area (Å²) < 4.78 is 7.21. The molecule has 1 aromatic rings. The summed E-state index contributed by atoms with van der Waals surface area (Å²) in [5.74, 6) is 5.75. The molecule has 2 heterocycles. The summed E-state index contributed by atoms with van der Waals surface area (Å²) in [7, 11) is 0. The molecular formula is C10H13N3O. The Morgan fingerprint density at radius 3 is 3.36 bits per heavy atom. The van der Waals surface area contributed by atoms with Gasteiger partial charge in [-0.05, 0) is 6.42 Å². The molecule has 1 aliphatic heterocycles. The lowest BCUT2D eigenvalue weighted by molar-refractivity contribution is 0.184. The van der Waals surface area contributed by atoms with E-state index in [-0.39, 0.29) is 0 Å². The van der Waals surface area contributed by atoms with Gasteiger partial charge in [-0.2, -0.15) is 5.10 Å². The standard InChI is InChI=1S/C10H13N3O/c11-4-1-2-9-6-12-13(7-9)10-3-5-14-8-10/h6-7,10H,3-5,8,11H2. The predicted molar refractivity (Wildman–Crippen MR) is 52.6 cm³/mol. The van der Waals surface area contributed by atoms with Crippen LogP contribution < -0.4 is 5.73 Å². The van der Waals surface area contributed by atoms with Crippen molar-refractivity contribution in [2.75, 3.05) is 19.8 Å². The zero-order valence-corrected chi connectivity index (χ0v) is 7.94. The first-order valence-electron chi connectivity index (χ1n) is 4.71. The van der Waals surface area contributed by atoms with Crippen LogP contribution in [0.3, 0.4) is 0 Å². The molecule has 0 radical (unpaired) electrons. The van der Waals surface area contributed by atoms with Crippen LogP contribution in [-0.4, -0.2) is 29.5 Å². The molecule has 2 rings (SSSR count). The number of hydrogen-bond donors (Lipinski definition) is 1. The van der Waals surface area contributed by atoms with Crippen LogP contribution >= 0.6 is 0 Å². The largest absolute Gasteiger partial charge is 0.379 e. The summed E-state index contributed by atoms with van der Waals surface area (Å²) in [6.45, 7) is 1.97. The van der Waals surface area contributed by atoms with Crippen molar-refractivity contribution >= 4 is 0 Å². The van der Waals surface area contributed by atoms with Crippen LogP contribution in [0.15, 0.2) is 12.4 Å². The third-order valence-electron chi connectivity index (χ3n) is 2.22. The average molecular weight is 191 g/mol. The van der Waals surface area contributed by atoms with Crippen molar-refractivity contribution in [1.29, 1.82) is 0 Å². The van der Waals surface area contributed by atoms with Crippen molar-refractivity contribution in [1.82, 2.24) is 9.78 Å². The Hall–Kier alpha value is -1.31. The first kappa shape index (κ1) is 9.25. The Balaban J connectivity index is 2.08. The summed E-state index contributed by atoms with van der Waals surface area (Å²) in [5, 5.41) is 4.24. The van der Waals surface area contributed by atoms with Gasteiger partial charge in [-0.25, -0.2) is 0 Å². The summed E-state index contributed by atoms with van der Waals surface area (Å²) in [6, 6.07) is 0.378. The molecule has 1 aromatic heterocycles. The van der Waals surface area contributed by atoms with Gasteiger partial charge in [-0.15, -0.1) is 0 Å². The Morgan fingerprint density at radius 2 is 2.64 bits per heavy atom. The van der Waals surface area contributed by atoms with E-state index in [4.69, 9.17) is 10.5 Å². The van der Waals surface area contributed by atoms with E-state index in [0.717, 1.165) is 25.2 Å². The molecule has 1 unspecified atom stereocenters. The topological polar surface area (TPSA) is 53.1 Å². The van der Waals surface area contributed by atoms with E-state index in [1.165, 1.54) is 0 Å². The van der Waals surface area contributed by atoms with Crippen molar-refractivity contribution in [2.45, 2.75) is 12.5 Å². The molecule has 0 aromatic carbocycles. The van der Waals surface area contributed by atoms with Gasteiger partial charge in [0.2, 0.25) is 0 Å². The fourth-order valence-corrected chi connectivity index (χ4v) is 1.49. The second-order valence-electron chi connectivity index (χ2n) is 3.23. The van der Waals surface area contributed by atoms with Gasteiger partial charge in [0.05, 0.1) is 31.0 Å². The number of rotatable bonds is 1. The zero-order valence-electron chi connectivity index (χ0n) is 7.94. The van der Waals surface area contributed by atoms with Gasteiger partial charge in [-0.3, -0.25) is 4.68 Å². The minimum absolute atomic E-state index is 0.378. The van der Waals surface area contributed by atoms with Crippen LogP contribution in [0.4, 0.5) is 0 Å². The Bertz CT molecular complexity index is 355. The monoisotopic (exact) mass is 191 g/mol. The van der Waals surface area contributed by atoms with Crippen molar-refractivity contribution in [3.63, 3.8) is 0 Å². The van der Waals surface area contributed by atoms with E-state index in [9.17, 15) is 0 Å². The highest BCUT2D eigenvalue weighted by Gasteiger charge is 2.17. The maximum absolute atomic E-state index is 5.29. The third kappa shape index (κ3) is 1.95. The number of ether oxygens (including phenoxy) is 1. The molecule has 14 heavy (non-hydrogen) atoms. The molecule has 0 amide bonds. The fraction of sp³-hybridized carbons (Fsp3) is 0.500. The van der Waals surface area contributed by atoms with Crippen LogP contribution in [0.2, 0.25) is 0 Å². The van der Waals surface area contributed by atoms with Crippen LogP contribution in [0.25, 0.3) is 0 Å². The normalized spacial score (nSPS) is 20.5. The van der Waals surface area contributed by atoms with E-state index in [2.05, 4.69) is 16.9 Å². The molecule has 1 fully saturated rings. The lowest BCUT2D eigenvalue weighted by Gasteiger charge is -2.06. The molecule has 0 aliphatic carbocycles. The second-order valence-corrected chi connectivity index (χ2v) is 3.23. The number of nitrogens with zero attached hydrogens (tertiary/aromatic N) is 2. The average Bonchev–Trinajstić information content (AvgIpc) is 2.85. The maximum atomic E-state index is 5.29. The van der Waals surface area contributed by atoms with Gasteiger partial charge in [0.15, 0.2) is 0 Å². The van der Waals surface area contributed by atoms with Crippen molar-refractivity contribution in [3.8, 4) is 11.8 Å². The lowest BCUT2D eigenvalue weighted by Crippen LogP contribution is -2.08. The van der Waals surface area contributed by atoms with Crippen LogP contribution in [0.1, 0.15) is 18.0 Å². The van der Waals surface area contributed by atoms with Crippen molar-refractivity contribution < 1.29 is 4.74 Å². The Labute approximate surface area is 83.0 Å². The van der Waals surface area contributed by atoms with E-state index >= 15 is 0 Å². The number of aromatic nitrogens is 2. The summed E-state index contributed by atoms with van der Waals surface area (Å²) >= 11 is 0. The Morgan fingerprint density at radius 1 is 1.71 bits per heavy atom. The number of hydrogen-bond acceptors (Lipinski definition) is 3. The molecule has 4 heteroatoms.